The number of aryl methyl sites for hydroxylation is 2. The smallest absolute Gasteiger partial charge is 0.219 e. The molecule has 1 aromatic carbocycles. The molecule has 2 N–H and O–H groups in total. The van der Waals surface area contributed by atoms with E-state index in [9.17, 15) is 8.42 Å². The first-order valence-electron chi connectivity index (χ1n) is 5.31. The molecule has 0 aliphatic carbocycles. The van der Waals surface area contributed by atoms with Gasteiger partial charge in [0, 0.05) is 0 Å². The summed E-state index contributed by atoms with van der Waals surface area (Å²) in [6, 6.07) is 5.00. The highest BCUT2D eigenvalue weighted by Gasteiger charge is 2.18. The van der Waals surface area contributed by atoms with Gasteiger partial charge in [0.25, 0.3) is 0 Å². The van der Waals surface area contributed by atoms with Crippen LogP contribution in [0.25, 0.3) is 0 Å². The molecular weight excluding hydrogens is 250 g/mol. The van der Waals surface area contributed by atoms with E-state index in [1.807, 2.05) is 13.8 Å². The molecule has 2 aromatic rings. The summed E-state index contributed by atoms with van der Waals surface area (Å²) >= 11 is 0. The quantitative estimate of drug-likeness (QED) is 0.887. The number of hydrogen-bond donors (Lipinski definition) is 1. The second-order valence-electron chi connectivity index (χ2n) is 4.03. The van der Waals surface area contributed by atoms with Crippen LogP contribution in [0.1, 0.15) is 11.1 Å². The number of hydrogen-bond acceptors (Lipinski definition) is 5. The van der Waals surface area contributed by atoms with E-state index in [-0.39, 0.29) is 15.7 Å². The predicted molar refractivity (Wildman–Crippen MR) is 67.8 cm³/mol. The van der Waals surface area contributed by atoms with Crippen molar-refractivity contribution in [3.63, 3.8) is 0 Å². The molecule has 0 bridgehead atoms. The Labute approximate surface area is 106 Å². The van der Waals surface area contributed by atoms with Crippen LogP contribution in [0.5, 0.6) is 0 Å². The summed E-state index contributed by atoms with van der Waals surface area (Å²) in [5, 5.41) is 0. The lowest BCUT2D eigenvalue weighted by molar-refractivity contribution is 0.595. The lowest BCUT2D eigenvalue weighted by Gasteiger charge is -2.06. The molecule has 5 nitrogen and oxygen atoms in total. The average molecular weight is 263 g/mol. The van der Waals surface area contributed by atoms with Crippen LogP contribution in [0, 0.1) is 13.8 Å². The molecule has 1 heterocycles. The molecule has 1 aromatic heterocycles. The molecule has 0 aliphatic heterocycles. The van der Waals surface area contributed by atoms with Crippen LogP contribution in [0.2, 0.25) is 0 Å². The molecule has 0 spiro atoms. The standard InChI is InChI=1S/C12H13N3O2S/c1-8-3-4-10(5-9(8)2)18(16,17)11-6-14-12(13)15-7-11/h3-7H,1-2H3,(H2,13,14,15). The van der Waals surface area contributed by atoms with Gasteiger partial charge in [-0.25, -0.2) is 18.4 Å². The van der Waals surface area contributed by atoms with Crippen LogP contribution in [0.3, 0.4) is 0 Å². The Hall–Kier alpha value is -1.95. The van der Waals surface area contributed by atoms with E-state index in [0.717, 1.165) is 11.1 Å². The Morgan fingerprint density at radius 3 is 2.17 bits per heavy atom. The molecule has 18 heavy (non-hydrogen) atoms. The van der Waals surface area contributed by atoms with Gasteiger partial charge in [0.1, 0.15) is 4.90 Å². The number of anilines is 1. The summed E-state index contributed by atoms with van der Waals surface area (Å²) < 4.78 is 24.6. The zero-order chi connectivity index (χ0) is 13.3. The summed E-state index contributed by atoms with van der Waals surface area (Å²) in [7, 11) is -3.58. The second-order valence-corrected chi connectivity index (χ2v) is 5.98. The zero-order valence-corrected chi connectivity index (χ0v) is 10.9. The summed E-state index contributed by atoms with van der Waals surface area (Å²) in [5.41, 5.74) is 7.30. The minimum atomic E-state index is -3.58. The minimum absolute atomic E-state index is 0.0416. The third kappa shape index (κ3) is 2.19. The number of nitrogen functional groups attached to an aromatic ring is 1. The Balaban J connectivity index is 2.54. The van der Waals surface area contributed by atoms with Gasteiger partial charge in [-0.2, -0.15) is 0 Å². The number of benzene rings is 1. The highest BCUT2D eigenvalue weighted by atomic mass is 32.2. The van der Waals surface area contributed by atoms with Gasteiger partial charge >= 0.3 is 0 Å². The summed E-state index contributed by atoms with van der Waals surface area (Å²) in [6.07, 6.45) is 2.43. The van der Waals surface area contributed by atoms with E-state index in [1.165, 1.54) is 12.4 Å². The van der Waals surface area contributed by atoms with Crippen LogP contribution in [0.4, 0.5) is 5.95 Å². The molecule has 94 valence electrons. The minimum Gasteiger partial charge on any atom is -0.368 e. The van der Waals surface area contributed by atoms with Crippen molar-refractivity contribution in [2.24, 2.45) is 0 Å². The molecule has 2 rings (SSSR count). The third-order valence-electron chi connectivity index (χ3n) is 2.75. The number of nitrogens with zero attached hydrogens (tertiary/aromatic N) is 2. The Morgan fingerprint density at radius 2 is 1.61 bits per heavy atom. The molecule has 0 unspecified atom stereocenters. The van der Waals surface area contributed by atoms with Gasteiger partial charge in [-0.05, 0) is 37.1 Å². The van der Waals surface area contributed by atoms with E-state index in [4.69, 9.17) is 5.73 Å². The first-order chi connectivity index (χ1) is 8.41. The maximum Gasteiger partial charge on any atom is 0.219 e. The average Bonchev–Trinajstić information content (AvgIpc) is 2.33. The van der Waals surface area contributed by atoms with Crippen LogP contribution in [0.15, 0.2) is 40.4 Å². The second kappa shape index (κ2) is 4.38. The SMILES string of the molecule is Cc1ccc(S(=O)(=O)c2cnc(N)nc2)cc1C. The molecule has 0 fully saturated rings. The topological polar surface area (TPSA) is 85.9 Å². The highest BCUT2D eigenvalue weighted by molar-refractivity contribution is 7.91. The summed E-state index contributed by atoms with van der Waals surface area (Å²) in [4.78, 5) is 7.67. The lowest BCUT2D eigenvalue weighted by Crippen LogP contribution is -2.05. The van der Waals surface area contributed by atoms with Crippen molar-refractivity contribution >= 4 is 15.8 Å². The van der Waals surface area contributed by atoms with Crippen molar-refractivity contribution in [3.8, 4) is 0 Å². The molecular formula is C12H13N3O2S. The fourth-order valence-electron chi connectivity index (χ4n) is 1.48. The normalized spacial score (nSPS) is 11.4. The lowest BCUT2D eigenvalue weighted by atomic mass is 10.1. The summed E-state index contributed by atoms with van der Waals surface area (Å²) in [5.74, 6) is 0.0500. The molecule has 0 radical (unpaired) electrons. The van der Waals surface area contributed by atoms with Gasteiger partial charge in [-0.3, -0.25) is 0 Å². The summed E-state index contributed by atoms with van der Waals surface area (Å²) in [6.45, 7) is 3.80. The highest BCUT2D eigenvalue weighted by Crippen LogP contribution is 2.21. The fraction of sp³-hybridized carbons (Fsp3) is 0.167. The third-order valence-corrected chi connectivity index (χ3v) is 4.45. The number of aromatic nitrogens is 2. The van der Waals surface area contributed by atoms with Gasteiger partial charge in [0.15, 0.2) is 0 Å². The first kappa shape index (κ1) is 12.5. The van der Waals surface area contributed by atoms with E-state index >= 15 is 0 Å². The van der Waals surface area contributed by atoms with Crippen molar-refractivity contribution in [2.75, 3.05) is 5.73 Å². The maximum absolute atomic E-state index is 12.3. The van der Waals surface area contributed by atoms with Crippen LogP contribution in [-0.4, -0.2) is 18.4 Å². The van der Waals surface area contributed by atoms with Crippen molar-refractivity contribution in [3.05, 3.63) is 41.7 Å². The predicted octanol–water partition coefficient (Wildman–Crippen LogP) is 1.51. The molecule has 0 saturated heterocycles. The van der Waals surface area contributed by atoms with Crippen molar-refractivity contribution < 1.29 is 8.42 Å². The number of sulfone groups is 1. The maximum atomic E-state index is 12.3. The van der Waals surface area contributed by atoms with E-state index in [1.54, 1.807) is 18.2 Å². The fourth-order valence-corrected chi connectivity index (χ4v) is 2.72. The van der Waals surface area contributed by atoms with Crippen molar-refractivity contribution in [1.29, 1.82) is 0 Å². The van der Waals surface area contributed by atoms with Gasteiger partial charge in [0.2, 0.25) is 15.8 Å². The largest absolute Gasteiger partial charge is 0.368 e. The Morgan fingerprint density at radius 1 is 1.00 bits per heavy atom. The van der Waals surface area contributed by atoms with E-state index in [0.29, 0.717) is 0 Å². The molecule has 0 atom stereocenters. The van der Waals surface area contributed by atoms with Gasteiger partial charge < -0.3 is 5.73 Å². The van der Waals surface area contributed by atoms with Gasteiger partial charge in [-0.1, -0.05) is 6.07 Å². The van der Waals surface area contributed by atoms with Crippen LogP contribution in [-0.2, 0) is 9.84 Å². The van der Waals surface area contributed by atoms with Crippen molar-refractivity contribution in [2.45, 2.75) is 23.6 Å². The Kier molecular flexibility index (Phi) is 3.04. The number of nitrogens with two attached hydrogens (primary N) is 1. The first-order valence-corrected chi connectivity index (χ1v) is 6.79. The van der Waals surface area contributed by atoms with E-state index in [2.05, 4.69) is 9.97 Å². The van der Waals surface area contributed by atoms with Crippen molar-refractivity contribution in [1.82, 2.24) is 9.97 Å². The van der Waals surface area contributed by atoms with Crippen LogP contribution >= 0.6 is 0 Å². The molecule has 6 heteroatoms. The zero-order valence-electron chi connectivity index (χ0n) is 10.1. The molecule has 0 amide bonds. The number of rotatable bonds is 2. The molecule has 0 aliphatic rings. The van der Waals surface area contributed by atoms with Gasteiger partial charge in [-0.15, -0.1) is 0 Å². The molecule has 0 saturated carbocycles. The Bertz CT molecular complexity index is 679. The van der Waals surface area contributed by atoms with E-state index < -0.39 is 9.84 Å². The van der Waals surface area contributed by atoms with Crippen LogP contribution < -0.4 is 5.73 Å². The van der Waals surface area contributed by atoms with Gasteiger partial charge in [0.05, 0.1) is 17.3 Å². The monoisotopic (exact) mass is 263 g/mol.